The standard InChI is InChI=1S/C60H56N4O4/c1-63-35-31-53(32-36-63)67-51-27-19-43(20-28-51)41-15-23-49(24-16-41)61-59(65)57-10-6-5-8-55(57)46-13-11-45(12-14-46)48-39-47-7-3-4-9-56(47)58(40-48)60(66)62-50-25-17-42(18-26-50)44-21-29-52(30-22-44)68-54-33-37-64(2)38-34-54/h3-30,39-40,53-54H,31-38H2,1-2H3,(H,61,65)(H,62,66). The Morgan fingerprint density at radius 3 is 1.34 bits per heavy atom. The number of fused-ring (bicyclic) bond motifs is 1. The second kappa shape index (κ2) is 20.1. The van der Waals surface area contributed by atoms with Crippen molar-refractivity contribution < 1.29 is 19.1 Å². The van der Waals surface area contributed by atoms with Gasteiger partial charge in [-0.25, -0.2) is 0 Å². The summed E-state index contributed by atoms with van der Waals surface area (Å²) in [6.07, 6.45) is 4.70. The number of ether oxygens (including phenoxy) is 2. The fourth-order valence-corrected chi connectivity index (χ4v) is 9.37. The maximum absolute atomic E-state index is 14.0. The first-order chi connectivity index (χ1) is 33.3. The van der Waals surface area contributed by atoms with Gasteiger partial charge in [0.15, 0.2) is 0 Å². The molecule has 2 aliphatic rings. The first-order valence-electron chi connectivity index (χ1n) is 23.7. The summed E-state index contributed by atoms with van der Waals surface area (Å²) in [5.74, 6) is 1.43. The molecule has 2 heterocycles. The molecule has 8 aromatic rings. The summed E-state index contributed by atoms with van der Waals surface area (Å²) in [4.78, 5) is 32.5. The molecule has 2 amide bonds. The number of nitrogens with zero attached hydrogens (tertiary/aromatic N) is 2. The molecule has 0 spiro atoms. The SMILES string of the molecule is CN1CCC(Oc2ccc(-c3ccc(NC(=O)c4ccccc4-c4ccc(-c5cc(C(=O)Nc6ccc(-c7ccc(OC8CCN(C)CC8)cc7)cc6)c6ccccc6c5)cc4)cc3)cc2)CC1. The molecule has 0 aliphatic carbocycles. The molecule has 8 nitrogen and oxygen atoms in total. The molecule has 2 aliphatic heterocycles. The lowest BCUT2D eigenvalue weighted by atomic mass is 9.94. The quantitative estimate of drug-likeness (QED) is 0.127. The second-order valence-corrected chi connectivity index (χ2v) is 18.2. The fraction of sp³-hybridized carbons (Fsp3) is 0.200. The number of hydrogen-bond acceptors (Lipinski definition) is 6. The van der Waals surface area contributed by atoms with Crippen LogP contribution in [0.3, 0.4) is 0 Å². The van der Waals surface area contributed by atoms with E-state index in [9.17, 15) is 9.59 Å². The van der Waals surface area contributed by atoms with E-state index in [0.29, 0.717) is 16.8 Å². The molecule has 0 aromatic heterocycles. The average molecular weight is 897 g/mol. The molecule has 340 valence electrons. The third kappa shape index (κ3) is 10.4. The zero-order valence-corrected chi connectivity index (χ0v) is 38.7. The van der Waals surface area contributed by atoms with Crippen LogP contribution in [0.25, 0.3) is 55.3 Å². The van der Waals surface area contributed by atoms with Crippen LogP contribution in [0, 0.1) is 0 Å². The highest BCUT2D eigenvalue weighted by molar-refractivity contribution is 6.14. The van der Waals surface area contributed by atoms with Crippen LogP contribution in [0.4, 0.5) is 11.4 Å². The summed E-state index contributed by atoms with van der Waals surface area (Å²) >= 11 is 0. The molecule has 0 unspecified atom stereocenters. The van der Waals surface area contributed by atoms with Crippen molar-refractivity contribution in [3.63, 3.8) is 0 Å². The van der Waals surface area contributed by atoms with Gasteiger partial charge in [-0.1, -0.05) is 115 Å². The monoisotopic (exact) mass is 896 g/mol. The zero-order valence-electron chi connectivity index (χ0n) is 38.7. The van der Waals surface area contributed by atoms with Crippen molar-refractivity contribution in [1.29, 1.82) is 0 Å². The Morgan fingerprint density at radius 2 is 0.824 bits per heavy atom. The van der Waals surface area contributed by atoms with Crippen molar-refractivity contribution in [2.75, 3.05) is 50.9 Å². The molecule has 0 radical (unpaired) electrons. The highest BCUT2D eigenvalue weighted by Gasteiger charge is 2.20. The van der Waals surface area contributed by atoms with Gasteiger partial charge >= 0.3 is 0 Å². The summed E-state index contributed by atoms with van der Waals surface area (Å²) in [7, 11) is 4.31. The van der Waals surface area contributed by atoms with Gasteiger partial charge < -0.3 is 29.9 Å². The smallest absolute Gasteiger partial charge is 0.256 e. The van der Waals surface area contributed by atoms with Gasteiger partial charge in [0, 0.05) is 48.7 Å². The van der Waals surface area contributed by atoms with Crippen LogP contribution >= 0.6 is 0 Å². The molecule has 10 rings (SSSR count). The maximum atomic E-state index is 14.0. The molecule has 0 bridgehead atoms. The van der Waals surface area contributed by atoms with Gasteiger partial charge in [0.25, 0.3) is 11.8 Å². The normalized spacial score (nSPS) is 14.9. The molecular weight excluding hydrogens is 841 g/mol. The second-order valence-electron chi connectivity index (χ2n) is 18.2. The van der Waals surface area contributed by atoms with Gasteiger partial charge in [-0.3, -0.25) is 9.59 Å². The van der Waals surface area contributed by atoms with Crippen LogP contribution < -0.4 is 20.1 Å². The zero-order chi connectivity index (χ0) is 46.4. The van der Waals surface area contributed by atoms with Crippen molar-refractivity contribution in [2.24, 2.45) is 0 Å². The summed E-state index contributed by atoms with van der Waals surface area (Å²) < 4.78 is 12.5. The Morgan fingerprint density at radius 1 is 0.426 bits per heavy atom. The van der Waals surface area contributed by atoms with Crippen LogP contribution in [0.5, 0.6) is 11.5 Å². The number of rotatable bonds is 12. The fourth-order valence-electron chi connectivity index (χ4n) is 9.37. The molecule has 2 saturated heterocycles. The largest absolute Gasteiger partial charge is 0.490 e. The van der Waals surface area contributed by atoms with E-state index in [2.05, 4.69) is 64.9 Å². The highest BCUT2D eigenvalue weighted by Crippen LogP contribution is 2.33. The van der Waals surface area contributed by atoms with E-state index in [1.54, 1.807) is 0 Å². The molecule has 0 saturated carbocycles. The minimum Gasteiger partial charge on any atom is -0.490 e. The first-order valence-corrected chi connectivity index (χ1v) is 23.7. The van der Waals surface area contributed by atoms with Gasteiger partial charge in [-0.15, -0.1) is 0 Å². The summed E-state index contributed by atoms with van der Waals surface area (Å²) in [6.45, 7) is 4.25. The summed E-state index contributed by atoms with van der Waals surface area (Å²) in [6, 6.07) is 60.3. The first kappa shape index (κ1) is 44.3. The van der Waals surface area contributed by atoms with E-state index in [4.69, 9.17) is 9.47 Å². The molecule has 8 aromatic carbocycles. The van der Waals surface area contributed by atoms with E-state index < -0.39 is 0 Å². The molecule has 68 heavy (non-hydrogen) atoms. The van der Waals surface area contributed by atoms with Crippen molar-refractivity contribution in [1.82, 2.24) is 9.80 Å². The lowest BCUT2D eigenvalue weighted by molar-refractivity contribution is 0.102. The van der Waals surface area contributed by atoms with Gasteiger partial charge in [-0.2, -0.15) is 0 Å². The third-order valence-corrected chi connectivity index (χ3v) is 13.4. The van der Waals surface area contributed by atoms with Gasteiger partial charge in [0.2, 0.25) is 0 Å². The maximum Gasteiger partial charge on any atom is 0.256 e. The predicted octanol–water partition coefficient (Wildman–Crippen LogP) is 13.0. The van der Waals surface area contributed by atoms with Crippen molar-refractivity contribution in [3.8, 4) is 56.0 Å². The van der Waals surface area contributed by atoms with Crippen molar-refractivity contribution >= 4 is 34.0 Å². The molecule has 0 atom stereocenters. The number of carbonyl (C=O) groups excluding carboxylic acids is 2. The Bertz CT molecular complexity index is 3010. The summed E-state index contributed by atoms with van der Waals surface area (Å²) in [5, 5.41) is 8.11. The lowest BCUT2D eigenvalue weighted by Crippen LogP contribution is -2.35. The van der Waals surface area contributed by atoms with Crippen LogP contribution in [0.15, 0.2) is 182 Å². The van der Waals surface area contributed by atoms with Crippen molar-refractivity contribution in [2.45, 2.75) is 37.9 Å². The van der Waals surface area contributed by atoms with Crippen LogP contribution in [-0.4, -0.2) is 74.1 Å². The van der Waals surface area contributed by atoms with Crippen LogP contribution in [0.1, 0.15) is 46.4 Å². The highest BCUT2D eigenvalue weighted by atomic mass is 16.5. The Labute approximate surface area is 399 Å². The minimum atomic E-state index is -0.185. The number of benzene rings is 8. The van der Waals surface area contributed by atoms with E-state index in [1.807, 2.05) is 152 Å². The summed E-state index contributed by atoms with van der Waals surface area (Å²) in [5.41, 5.74) is 10.5. The third-order valence-electron chi connectivity index (χ3n) is 13.4. The van der Waals surface area contributed by atoms with E-state index >= 15 is 0 Å². The molecule has 2 N–H and O–H groups in total. The number of carbonyl (C=O) groups is 2. The predicted molar refractivity (Wildman–Crippen MR) is 277 cm³/mol. The number of hydrogen-bond donors (Lipinski definition) is 2. The topological polar surface area (TPSA) is 83.1 Å². The number of anilines is 2. The number of piperidine rings is 2. The number of amides is 2. The molecule has 8 heteroatoms. The van der Waals surface area contributed by atoms with E-state index in [0.717, 1.165) is 124 Å². The van der Waals surface area contributed by atoms with E-state index in [1.165, 1.54) is 0 Å². The van der Waals surface area contributed by atoms with Gasteiger partial charge in [-0.05, 0) is 162 Å². The number of nitrogens with one attached hydrogen (secondary N) is 2. The lowest BCUT2D eigenvalue weighted by Gasteiger charge is -2.29. The van der Waals surface area contributed by atoms with Crippen LogP contribution in [-0.2, 0) is 0 Å². The van der Waals surface area contributed by atoms with E-state index in [-0.39, 0.29) is 24.0 Å². The number of likely N-dealkylation sites (tertiary alicyclic amines) is 2. The minimum absolute atomic E-state index is 0.181. The van der Waals surface area contributed by atoms with Gasteiger partial charge in [0.05, 0.1) is 0 Å². The average Bonchev–Trinajstić information content (AvgIpc) is 3.38. The molecule has 2 fully saturated rings. The molecular formula is C60H56N4O4. The Balaban J connectivity index is 0.795. The Hall–Kier alpha value is -7.52. The van der Waals surface area contributed by atoms with Crippen molar-refractivity contribution in [3.05, 3.63) is 193 Å². The van der Waals surface area contributed by atoms with Gasteiger partial charge in [0.1, 0.15) is 23.7 Å². The van der Waals surface area contributed by atoms with Crippen LogP contribution in [0.2, 0.25) is 0 Å². The Kier molecular flexibility index (Phi) is 13.1.